The van der Waals surface area contributed by atoms with Crippen LogP contribution in [0.3, 0.4) is 0 Å². The molecular formula is C15H20N2O3. The molecule has 0 saturated carbocycles. The van der Waals surface area contributed by atoms with Crippen molar-refractivity contribution in [1.82, 2.24) is 4.90 Å². The third kappa shape index (κ3) is 2.92. The van der Waals surface area contributed by atoms with Gasteiger partial charge in [-0.25, -0.2) is 4.79 Å². The summed E-state index contributed by atoms with van der Waals surface area (Å²) in [7, 11) is 0. The molecule has 1 aromatic rings. The van der Waals surface area contributed by atoms with E-state index in [1.54, 1.807) is 11.8 Å². The Morgan fingerprint density at radius 1 is 1.35 bits per heavy atom. The van der Waals surface area contributed by atoms with E-state index in [0.29, 0.717) is 13.0 Å². The van der Waals surface area contributed by atoms with E-state index in [2.05, 4.69) is 12.2 Å². The fourth-order valence-corrected chi connectivity index (χ4v) is 2.34. The number of urea groups is 1. The molecule has 0 spiro atoms. The zero-order valence-corrected chi connectivity index (χ0v) is 11.8. The third-order valence-electron chi connectivity index (χ3n) is 3.89. The van der Waals surface area contributed by atoms with E-state index < -0.39 is 11.4 Å². The van der Waals surface area contributed by atoms with Gasteiger partial charge in [-0.05, 0) is 37.5 Å². The number of aryl methyl sites for hydroxylation is 1. The number of nitrogens with zero attached hydrogens (tertiary/aromatic N) is 1. The molecule has 1 saturated heterocycles. The van der Waals surface area contributed by atoms with Crippen LogP contribution >= 0.6 is 0 Å². The van der Waals surface area contributed by atoms with Gasteiger partial charge in [-0.1, -0.05) is 19.1 Å². The molecule has 5 heteroatoms. The summed E-state index contributed by atoms with van der Waals surface area (Å²) >= 11 is 0. The molecule has 1 aromatic carbocycles. The molecule has 5 nitrogen and oxygen atoms in total. The number of likely N-dealkylation sites (tertiary alicyclic amines) is 1. The quantitative estimate of drug-likeness (QED) is 0.891. The molecule has 1 aliphatic rings. The highest BCUT2D eigenvalue weighted by Gasteiger charge is 2.42. The molecule has 1 heterocycles. The molecule has 0 radical (unpaired) electrons. The first-order chi connectivity index (χ1) is 9.44. The number of nitrogens with one attached hydrogen (secondary N) is 1. The van der Waals surface area contributed by atoms with Crippen LogP contribution in [0.1, 0.15) is 25.8 Å². The number of carbonyl (C=O) groups excluding carboxylic acids is 1. The smallest absolute Gasteiger partial charge is 0.321 e. The van der Waals surface area contributed by atoms with Crippen molar-refractivity contribution in [3.8, 4) is 0 Å². The van der Waals surface area contributed by atoms with Crippen molar-refractivity contribution in [3.63, 3.8) is 0 Å². The van der Waals surface area contributed by atoms with Crippen molar-refractivity contribution < 1.29 is 14.7 Å². The van der Waals surface area contributed by atoms with Gasteiger partial charge in [-0.15, -0.1) is 0 Å². The molecule has 1 aliphatic heterocycles. The van der Waals surface area contributed by atoms with Gasteiger partial charge in [0.25, 0.3) is 0 Å². The minimum atomic E-state index is -0.847. The van der Waals surface area contributed by atoms with Gasteiger partial charge in [0.05, 0.1) is 5.41 Å². The number of amides is 2. The maximum Gasteiger partial charge on any atom is 0.321 e. The van der Waals surface area contributed by atoms with E-state index in [-0.39, 0.29) is 12.6 Å². The van der Waals surface area contributed by atoms with Crippen LogP contribution in [0.15, 0.2) is 24.3 Å². The Morgan fingerprint density at radius 3 is 2.50 bits per heavy atom. The molecule has 0 aliphatic carbocycles. The lowest BCUT2D eigenvalue weighted by molar-refractivity contribution is -0.146. The number of carbonyl (C=O) groups is 2. The minimum absolute atomic E-state index is 0.237. The predicted octanol–water partition coefficient (Wildman–Crippen LogP) is 2.58. The molecule has 0 aromatic heterocycles. The van der Waals surface area contributed by atoms with Crippen LogP contribution in [0, 0.1) is 5.41 Å². The van der Waals surface area contributed by atoms with E-state index in [1.807, 2.05) is 24.3 Å². The van der Waals surface area contributed by atoms with E-state index in [4.69, 9.17) is 5.11 Å². The van der Waals surface area contributed by atoms with Crippen molar-refractivity contribution >= 4 is 17.7 Å². The van der Waals surface area contributed by atoms with Gasteiger partial charge in [-0.2, -0.15) is 0 Å². The average molecular weight is 276 g/mol. The van der Waals surface area contributed by atoms with Crippen molar-refractivity contribution in [2.45, 2.75) is 26.7 Å². The summed E-state index contributed by atoms with van der Waals surface area (Å²) in [5.74, 6) is -0.847. The molecule has 2 N–H and O–H groups in total. The number of hydrogen-bond acceptors (Lipinski definition) is 2. The van der Waals surface area contributed by atoms with Gasteiger partial charge >= 0.3 is 12.0 Å². The third-order valence-corrected chi connectivity index (χ3v) is 3.89. The van der Waals surface area contributed by atoms with Crippen molar-refractivity contribution in [1.29, 1.82) is 0 Å². The van der Waals surface area contributed by atoms with Gasteiger partial charge in [0.15, 0.2) is 0 Å². The van der Waals surface area contributed by atoms with E-state index in [9.17, 15) is 9.59 Å². The van der Waals surface area contributed by atoms with Crippen LogP contribution < -0.4 is 5.32 Å². The summed E-state index contributed by atoms with van der Waals surface area (Å²) in [6, 6.07) is 7.44. The van der Waals surface area contributed by atoms with E-state index in [1.165, 1.54) is 5.56 Å². The Balaban J connectivity index is 1.97. The lowest BCUT2D eigenvalue weighted by atomic mass is 9.90. The summed E-state index contributed by atoms with van der Waals surface area (Å²) < 4.78 is 0. The second kappa shape index (κ2) is 5.53. The van der Waals surface area contributed by atoms with E-state index >= 15 is 0 Å². The van der Waals surface area contributed by atoms with Crippen LogP contribution in [-0.2, 0) is 11.2 Å². The minimum Gasteiger partial charge on any atom is -0.481 e. The zero-order chi connectivity index (χ0) is 14.8. The lowest BCUT2D eigenvalue weighted by Gasteiger charge is -2.20. The summed E-state index contributed by atoms with van der Waals surface area (Å²) in [5, 5.41) is 12.0. The van der Waals surface area contributed by atoms with Gasteiger partial charge in [0, 0.05) is 18.8 Å². The number of carboxylic acids is 1. The highest BCUT2D eigenvalue weighted by atomic mass is 16.4. The predicted molar refractivity (Wildman–Crippen MR) is 76.8 cm³/mol. The Kier molecular flexibility index (Phi) is 3.97. The topological polar surface area (TPSA) is 69.6 Å². The summed E-state index contributed by atoms with van der Waals surface area (Å²) in [5.41, 5.74) is 1.11. The summed E-state index contributed by atoms with van der Waals surface area (Å²) in [6.45, 7) is 4.48. The number of hydrogen-bond donors (Lipinski definition) is 2. The molecule has 1 unspecified atom stereocenters. The SMILES string of the molecule is CCc1ccc(NC(=O)N2CCC(C)(C(=O)O)C2)cc1. The Morgan fingerprint density at radius 2 is 2.00 bits per heavy atom. The molecule has 2 rings (SSSR count). The van der Waals surface area contributed by atoms with Gasteiger partial charge in [-0.3, -0.25) is 4.79 Å². The van der Waals surface area contributed by atoms with Gasteiger partial charge < -0.3 is 15.3 Å². The number of aliphatic carboxylic acids is 1. The largest absolute Gasteiger partial charge is 0.481 e. The second-order valence-electron chi connectivity index (χ2n) is 5.52. The Labute approximate surface area is 118 Å². The van der Waals surface area contributed by atoms with Gasteiger partial charge in [0.2, 0.25) is 0 Å². The normalized spacial score (nSPS) is 21.8. The number of benzene rings is 1. The van der Waals surface area contributed by atoms with Crippen molar-refractivity contribution in [2.75, 3.05) is 18.4 Å². The Hall–Kier alpha value is -2.04. The molecule has 1 fully saturated rings. The van der Waals surface area contributed by atoms with Gasteiger partial charge in [0.1, 0.15) is 0 Å². The average Bonchev–Trinajstić information content (AvgIpc) is 2.84. The fourth-order valence-electron chi connectivity index (χ4n) is 2.34. The van der Waals surface area contributed by atoms with Crippen LogP contribution in [-0.4, -0.2) is 35.1 Å². The van der Waals surface area contributed by atoms with Crippen LogP contribution in [0.5, 0.6) is 0 Å². The monoisotopic (exact) mass is 276 g/mol. The first kappa shape index (κ1) is 14.4. The Bertz CT molecular complexity index is 512. The standard InChI is InChI=1S/C15H20N2O3/c1-3-11-4-6-12(7-5-11)16-14(20)17-9-8-15(2,10-17)13(18)19/h4-7H,3,8-10H2,1-2H3,(H,16,20)(H,18,19). The number of rotatable bonds is 3. The fraction of sp³-hybridized carbons (Fsp3) is 0.467. The first-order valence-electron chi connectivity index (χ1n) is 6.83. The zero-order valence-electron chi connectivity index (χ0n) is 11.8. The molecule has 20 heavy (non-hydrogen) atoms. The van der Waals surface area contributed by atoms with E-state index in [0.717, 1.165) is 12.1 Å². The highest BCUT2D eigenvalue weighted by Crippen LogP contribution is 2.30. The van der Waals surface area contributed by atoms with Crippen LogP contribution in [0.2, 0.25) is 0 Å². The number of anilines is 1. The van der Waals surface area contributed by atoms with Crippen LogP contribution in [0.4, 0.5) is 10.5 Å². The first-order valence-corrected chi connectivity index (χ1v) is 6.83. The number of carboxylic acid groups (broad SMARTS) is 1. The molecule has 0 bridgehead atoms. The van der Waals surface area contributed by atoms with Crippen molar-refractivity contribution in [3.05, 3.63) is 29.8 Å². The molecule has 2 amide bonds. The lowest BCUT2D eigenvalue weighted by Crippen LogP contribution is -2.37. The molecule has 108 valence electrons. The molecule has 1 atom stereocenters. The second-order valence-corrected chi connectivity index (χ2v) is 5.52. The molecular weight excluding hydrogens is 256 g/mol. The maximum absolute atomic E-state index is 12.1. The maximum atomic E-state index is 12.1. The highest BCUT2D eigenvalue weighted by molar-refractivity contribution is 5.90. The van der Waals surface area contributed by atoms with Crippen molar-refractivity contribution in [2.24, 2.45) is 5.41 Å². The summed E-state index contributed by atoms with van der Waals surface area (Å²) in [4.78, 5) is 24.8. The van der Waals surface area contributed by atoms with Crippen LogP contribution in [0.25, 0.3) is 0 Å². The summed E-state index contributed by atoms with van der Waals surface area (Å²) in [6.07, 6.45) is 1.45.